The zero-order chi connectivity index (χ0) is 28.1. The van der Waals surface area contributed by atoms with Gasteiger partial charge in [0, 0.05) is 34.1 Å². The van der Waals surface area contributed by atoms with Gasteiger partial charge in [0.2, 0.25) is 5.91 Å². The van der Waals surface area contributed by atoms with E-state index in [1.165, 1.54) is 11.8 Å². The molecule has 5 rings (SSSR count). The molecule has 3 amide bonds. The van der Waals surface area contributed by atoms with Crippen molar-refractivity contribution in [1.29, 1.82) is 0 Å². The number of hydrogen-bond acceptors (Lipinski definition) is 5. The highest BCUT2D eigenvalue weighted by molar-refractivity contribution is 6.30. The summed E-state index contributed by atoms with van der Waals surface area (Å²) in [6, 6.07) is 18.9. The number of halogens is 1. The third-order valence-electron chi connectivity index (χ3n) is 6.52. The third kappa shape index (κ3) is 7.01. The molecule has 1 aliphatic rings. The van der Waals surface area contributed by atoms with E-state index in [9.17, 15) is 29.4 Å². The summed E-state index contributed by atoms with van der Waals surface area (Å²) >= 11 is 5.91. The van der Waals surface area contributed by atoms with E-state index in [0.29, 0.717) is 17.1 Å². The summed E-state index contributed by atoms with van der Waals surface area (Å²) in [7, 11) is 0. The number of nitrogens with one attached hydrogen (secondary N) is 2. The monoisotopic (exact) mass is 549 g/mol. The van der Waals surface area contributed by atoms with Gasteiger partial charge in [0.25, 0.3) is 0 Å². The molecule has 4 aromatic carbocycles. The number of carbonyl (C=O) groups is 3. The number of anilines is 1. The Kier molecular flexibility index (Phi) is 8.63. The van der Waals surface area contributed by atoms with E-state index in [1.54, 1.807) is 24.3 Å². The first kappa shape index (κ1) is 27.8. The summed E-state index contributed by atoms with van der Waals surface area (Å²) < 4.78 is 0. The lowest BCUT2D eigenvalue weighted by atomic mass is 9.91. The lowest BCUT2D eigenvalue weighted by molar-refractivity contribution is -0.143. The minimum atomic E-state index is -1.25. The van der Waals surface area contributed by atoms with Gasteiger partial charge < -0.3 is 25.7 Å². The van der Waals surface area contributed by atoms with Crippen LogP contribution in [0, 0.1) is 0 Å². The molecule has 4 aromatic rings. The zero-order valence-electron chi connectivity index (χ0n) is 21.1. The van der Waals surface area contributed by atoms with Crippen LogP contribution >= 0.6 is 11.6 Å². The van der Waals surface area contributed by atoms with Gasteiger partial charge in [0.15, 0.2) is 5.43 Å². The molecular weight excluding hydrogens is 522 g/mol. The van der Waals surface area contributed by atoms with Crippen molar-refractivity contribution >= 4 is 46.0 Å². The molecule has 202 valence electrons. The zero-order valence-corrected chi connectivity index (χ0v) is 21.9. The highest BCUT2D eigenvalue weighted by Gasteiger charge is 2.37. The molecule has 0 fully saturated rings. The molecule has 0 bridgehead atoms. The molecule has 0 radical (unpaired) electrons. The van der Waals surface area contributed by atoms with E-state index >= 15 is 0 Å². The van der Waals surface area contributed by atoms with Crippen molar-refractivity contribution in [3.8, 4) is 0 Å². The van der Waals surface area contributed by atoms with Crippen LogP contribution in [-0.4, -0.2) is 51.2 Å². The van der Waals surface area contributed by atoms with Gasteiger partial charge in [0.05, 0.1) is 12.5 Å². The van der Waals surface area contributed by atoms with Crippen LogP contribution in [0.4, 0.5) is 10.5 Å². The molecule has 9 nitrogen and oxygen atoms in total. The predicted molar refractivity (Wildman–Crippen MR) is 148 cm³/mol. The lowest BCUT2D eigenvalue weighted by Crippen LogP contribution is -2.58. The van der Waals surface area contributed by atoms with Crippen LogP contribution in [0.2, 0.25) is 5.02 Å². The first-order valence-electron chi connectivity index (χ1n) is 12.4. The molecule has 39 heavy (non-hydrogen) atoms. The number of urea groups is 1. The average molecular weight is 550 g/mol. The fourth-order valence-electron chi connectivity index (χ4n) is 4.50. The van der Waals surface area contributed by atoms with Gasteiger partial charge in [-0.1, -0.05) is 66.2 Å². The molecular formula is C29H28ClN3O6. The maximum atomic E-state index is 13.3. The van der Waals surface area contributed by atoms with E-state index in [0.717, 1.165) is 21.9 Å². The number of aliphatic hydroxyl groups is 1. The Morgan fingerprint density at radius 2 is 1.64 bits per heavy atom. The molecule has 1 aliphatic heterocycles. The number of benzene rings is 3. The van der Waals surface area contributed by atoms with E-state index in [-0.39, 0.29) is 18.4 Å². The van der Waals surface area contributed by atoms with Crippen LogP contribution in [0.5, 0.6) is 0 Å². The number of carboxylic acid groups (broad SMARTS) is 1. The number of aliphatic carboxylic acids is 1. The lowest BCUT2D eigenvalue weighted by Gasteiger charge is -2.39. The summed E-state index contributed by atoms with van der Waals surface area (Å²) in [4.78, 5) is 49.1. The van der Waals surface area contributed by atoms with Gasteiger partial charge in [-0.2, -0.15) is 0 Å². The Hall–Kier alpha value is -4.21. The van der Waals surface area contributed by atoms with E-state index in [2.05, 4.69) is 10.6 Å². The van der Waals surface area contributed by atoms with E-state index in [1.807, 2.05) is 48.5 Å². The topological polar surface area (TPSA) is 136 Å². The van der Waals surface area contributed by atoms with Crippen molar-refractivity contribution in [3.63, 3.8) is 0 Å². The molecule has 0 aromatic heterocycles. The largest absolute Gasteiger partial charge is 0.481 e. The molecule has 0 spiro atoms. The Balaban J connectivity index is 0.000000371. The Bertz CT molecular complexity index is 1480. The van der Waals surface area contributed by atoms with Crippen LogP contribution in [0.25, 0.3) is 10.8 Å². The quantitative estimate of drug-likeness (QED) is 0.289. The summed E-state index contributed by atoms with van der Waals surface area (Å²) in [5.41, 5.74) is 2.54. The summed E-state index contributed by atoms with van der Waals surface area (Å²) in [6.07, 6.45) is -1.04. The number of carbonyl (C=O) groups excluding carboxylic acids is 2. The Labute approximate surface area is 229 Å². The van der Waals surface area contributed by atoms with Crippen molar-refractivity contribution in [2.75, 3.05) is 5.32 Å². The molecule has 0 aliphatic carbocycles. The van der Waals surface area contributed by atoms with Gasteiger partial charge in [-0.05, 0) is 42.7 Å². The van der Waals surface area contributed by atoms with Gasteiger partial charge in [-0.25, -0.2) is 4.79 Å². The first-order chi connectivity index (χ1) is 18.6. The number of carboxylic acids is 1. The van der Waals surface area contributed by atoms with E-state index in [4.69, 9.17) is 11.6 Å². The normalized spacial score (nSPS) is 16.0. The number of aliphatic hydroxyl groups excluding tert-OH is 1. The van der Waals surface area contributed by atoms with Crippen molar-refractivity contribution in [3.05, 3.63) is 99.2 Å². The standard InChI is InChI=1S/C22H24ClN3O5.C7H4O/c1-13(27)20(25-22(31)24-17-8-4-7-16(23)10-17)21(30)26-12-15-6-3-2-5-14(15)9-18(26)11-19(28)29;8-7-5-3-1-2-4-6(5)7/h2-8,10,13,18,20,27H,9,11-12H2,1H3,(H,28,29)(H2,24,25,31);1-4H/t13?,18-,20?;/m1./s1. The third-order valence-corrected chi connectivity index (χ3v) is 6.76. The molecule has 1 heterocycles. The van der Waals surface area contributed by atoms with Crippen LogP contribution in [-0.2, 0) is 22.6 Å². The summed E-state index contributed by atoms with van der Waals surface area (Å²) in [5, 5.41) is 26.8. The second kappa shape index (κ2) is 12.1. The van der Waals surface area contributed by atoms with Crippen molar-refractivity contribution in [2.24, 2.45) is 0 Å². The molecule has 10 heteroatoms. The predicted octanol–water partition coefficient (Wildman–Crippen LogP) is 3.71. The minimum Gasteiger partial charge on any atom is -0.481 e. The molecule has 0 saturated heterocycles. The fraction of sp³-hybridized carbons (Fsp3) is 0.241. The maximum Gasteiger partial charge on any atom is 0.319 e. The van der Waals surface area contributed by atoms with Crippen molar-refractivity contribution in [2.45, 2.75) is 44.5 Å². The minimum absolute atomic E-state index is 0.202. The van der Waals surface area contributed by atoms with Gasteiger partial charge in [-0.3, -0.25) is 14.4 Å². The van der Waals surface area contributed by atoms with Crippen LogP contribution in [0.15, 0.2) is 77.6 Å². The number of rotatable bonds is 6. The first-order valence-corrected chi connectivity index (χ1v) is 12.8. The second-order valence-electron chi connectivity index (χ2n) is 9.39. The van der Waals surface area contributed by atoms with Gasteiger partial charge in [-0.15, -0.1) is 0 Å². The number of hydrogen-bond donors (Lipinski definition) is 4. The number of nitrogens with zero attached hydrogens (tertiary/aromatic N) is 1. The SMILES string of the molecule is CC(O)C(NC(=O)Nc1cccc(Cl)c1)C(=O)N1Cc2ccccc2C[C@@H]1CC(=O)O.O=c1c2ccccc12. The van der Waals surface area contributed by atoms with Crippen molar-refractivity contribution < 1.29 is 24.6 Å². The van der Waals surface area contributed by atoms with E-state index < -0.39 is 36.1 Å². The summed E-state index contributed by atoms with van der Waals surface area (Å²) in [6.45, 7) is 1.60. The summed E-state index contributed by atoms with van der Waals surface area (Å²) in [5.74, 6) is -1.57. The molecule has 3 atom stereocenters. The van der Waals surface area contributed by atoms with Crippen LogP contribution < -0.4 is 16.1 Å². The average Bonchev–Trinajstić information content (AvgIpc) is 3.56. The number of fused-ring (bicyclic) bond motifs is 2. The fourth-order valence-corrected chi connectivity index (χ4v) is 4.69. The Morgan fingerprint density at radius 1 is 1.00 bits per heavy atom. The maximum absolute atomic E-state index is 13.3. The second-order valence-corrected chi connectivity index (χ2v) is 9.83. The highest BCUT2D eigenvalue weighted by atomic mass is 35.5. The van der Waals surface area contributed by atoms with Gasteiger partial charge >= 0.3 is 12.0 Å². The van der Waals surface area contributed by atoms with Gasteiger partial charge in [0.1, 0.15) is 6.04 Å². The smallest absolute Gasteiger partial charge is 0.319 e. The molecule has 2 unspecified atom stereocenters. The Morgan fingerprint density at radius 3 is 2.23 bits per heavy atom. The van der Waals surface area contributed by atoms with Crippen LogP contribution in [0.1, 0.15) is 24.5 Å². The van der Waals surface area contributed by atoms with Crippen LogP contribution in [0.3, 0.4) is 0 Å². The molecule has 4 N–H and O–H groups in total. The molecule has 0 saturated carbocycles. The highest BCUT2D eigenvalue weighted by Crippen LogP contribution is 2.26. The van der Waals surface area contributed by atoms with Crippen molar-refractivity contribution in [1.82, 2.24) is 10.2 Å². The number of amides is 3.